The maximum Gasteiger partial charge on any atom is 0.272 e. The number of aromatic nitrogens is 2. The molecule has 1 N–H and O–H groups in total. The molecule has 1 aliphatic heterocycles. The zero-order valence-electron chi connectivity index (χ0n) is 17.3. The minimum Gasteiger partial charge on any atom is -0.348 e. The van der Waals surface area contributed by atoms with E-state index >= 15 is 0 Å². The number of hydrogen-bond acceptors (Lipinski definition) is 3. The number of benzene rings is 1. The quantitative estimate of drug-likeness (QED) is 0.692. The van der Waals surface area contributed by atoms with Gasteiger partial charge in [-0.2, -0.15) is 5.10 Å². The average Bonchev–Trinajstić information content (AvgIpc) is 3.13. The van der Waals surface area contributed by atoms with Gasteiger partial charge < -0.3 is 10.2 Å². The van der Waals surface area contributed by atoms with Gasteiger partial charge in [0.05, 0.1) is 5.69 Å². The number of amides is 1. The van der Waals surface area contributed by atoms with Crippen molar-refractivity contribution in [3.63, 3.8) is 0 Å². The van der Waals surface area contributed by atoms with Crippen molar-refractivity contribution in [3.8, 4) is 5.69 Å². The Hall–Kier alpha value is -1.66. The van der Waals surface area contributed by atoms with Crippen molar-refractivity contribution in [2.24, 2.45) is 0 Å². The van der Waals surface area contributed by atoms with E-state index in [4.69, 9.17) is 5.10 Å². The van der Waals surface area contributed by atoms with Crippen LogP contribution in [0, 0.1) is 0 Å². The molecule has 4 rings (SSSR count). The molecule has 0 saturated carbocycles. The van der Waals surface area contributed by atoms with E-state index in [1.807, 2.05) is 16.8 Å². The second-order valence-electron chi connectivity index (χ2n) is 8.32. The van der Waals surface area contributed by atoms with Crippen molar-refractivity contribution >= 4 is 21.8 Å². The molecule has 0 unspecified atom stereocenters. The Morgan fingerprint density at radius 2 is 2.03 bits per heavy atom. The molecule has 6 heteroatoms. The number of unbranched alkanes of at least 4 members (excludes halogenated alkanes) is 1. The van der Waals surface area contributed by atoms with E-state index in [0.717, 1.165) is 67.3 Å². The van der Waals surface area contributed by atoms with Crippen molar-refractivity contribution in [2.45, 2.75) is 64.3 Å². The highest BCUT2D eigenvalue weighted by Crippen LogP contribution is 2.28. The number of rotatable bonds is 6. The molecule has 2 heterocycles. The van der Waals surface area contributed by atoms with E-state index in [1.165, 1.54) is 25.1 Å². The predicted octanol–water partition coefficient (Wildman–Crippen LogP) is 4.51. The van der Waals surface area contributed by atoms with Gasteiger partial charge in [-0.05, 0) is 69.7 Å². The van der Waals surface area contributed by atoms with E-state index in [2.05, 4.69) is 45.2 Å². The highest BCUT2D eigenvalue weighted by Gasteiger charge is 2.28. The van der Waals surface area contributed by atoms with Crippen molar-refractivity contribution in [1.29, 1.82) is 0 Å². The predicted molar refractivity (Wildman–Crippen MR) is 120 cm³/mol. The molecule has 0 radical (unpaired) electrons. The molecule has 1 aromatic heterocycles. The Morgan fingerprint density at radius 3 is 2.79 bits per heavy atom. The van der Waals surface area contributed by atoms with E-state index in [9.17, 15) is 4.79 Å². The molecule has 1 aliphatic carbocycles. The third-order valence-corrected chi connectivity index (χ3v) is 6.69. The van der Waals surface area contributed by atoms with Crippen LogP contribution in [0.3, 0.4) is 0 Å². The Bertz CT molecular complexity index is 855. The summed E-state index contributed by atoms with van der Waals surface area (Å²) in [5, 5.41) is 8.08. The monoisotopic (exact) mass is 458 g/mol. The van der Waals surface area contributed by atoms with Crippen LogP contribution in [0.15, 0.2) is 28.7 Å². The summed E-state index contributed by atoms with van der Waals surface area (Å²) in [7, 11) is 0. The van der Waals surface area contributed by atoms with Crippen LogP contribution in [0.25, 0.3) is 5.69 Å². The standard InChI is InChI=1S/C23H31BrN4O/c1-2-3-13-27-14-11-18(12-15-27)25-23(29)22-20-9-4-5-10-21(20)28(26-22)19-8-6-7-17(24)16-19/h6-8,16,18H,2-5,9-15H2,1H3,(H,25,29). The first-order valence-electron chi connectivity index (χ1n) is 11.1. The largest absolute Gasteiger partial charge is 0.348 e. The molecular weight excluding hydrogens is 428 g/mol. The number of carbonyl (C=O) groups is 1. The van der Waals surface area contributed by atoms with Crippen LogP contribution in [-0.2, 0) is 12.8 Å². The topological polar surface area (TPSA) is 50.2 Å². The Labute approximate surface area is 182 Å². The van der Waals surface area contributed by atoms with Gasteiger partial charge in [0, 0.05) is 34.9 Å². The highest BCUT2D eigenvalue weighted by molar-refractivity contribution is 9.10. The molecule has 0 spiro atoms. The second kappa shape index (κ2) is 9.43. The van der Waals surface area contributed by atoms with Gasteiger partial charge in [0.25, 0.3) is 5.91 Å². The molecule has 5 nitrogen and oxygen atoms in total. The van der Waals surface area contributed by atoms with Crippen molar-refractivity contribution < 1.29 is 4.79 Å². The first-order chi connectivity index (χ1) is 14.2. The fourth-order valence-corrected chi connectivity index (χ4v) is 4.93. The molecule has 29 heavy (non-hydrogen) atoms. The van der Waals surface area contributed by atoms with Crippen LogP contribution in [0.2, 0.25) is 0 Å². The molecule has 1 saturated heterocycles. The molecule has 1 fully saturated rings. The third kappa shape index (κ3) is 4.75. The Balaban J connectivity index is 1.49. The van der Waals surface area contributed by atoms with Gasteiger partial charge in [0.1, 0.15) is 0 Å². The maximum absolute atomic E-state index is 13.1. The number of fused-ring (bicyclic) bond motifs is 1. The van der Waals surface area contributed by atoms with Gasteiger partial charge >= 0.3 is 0 Å². The number of halogens is 1. The van der Waals surface area contributed by atoms with Gasteiger partial charge in [-0.3, -0.25) is 4.79 Å². The summed E-state index contributed by atoms with van der Waals surface area (Å²) in [4.78, 5) is 15.7. The van der Waals surface area contributed by atoms with Crippen molar-refractivity contribution in [3.05, 3.63) is 45.7 Å². The summed E-state index contributed by atoms with van der Waals surface area (Å²) < 4.78 is 3.01. The average molecular weight is 459 g/mol. The lowest BCUT2D eigenvalue weighted by atomic mass is 9.95. The lowest BCUT2D eigenvalue weighted by Gasteiger charge is -2.32. The minimum atomic E-state index is 0.00362. The van der Waals surface area contributed by atoms with Gasteiger partial charge in [-0.1, -0.05) is 35.3 Å². The van der Waals surface area contributed by atoms with E-state index in [0.29, 0.717) is 5.69 Å². The molecule has 2 aromatic rings. The first-order valence-corrected chi connectivity index (χ1v) is 11.8. The van der Waals surface area contributed by atoms with Gasteiger partial charge in [-0.15, -0.1) is 0 Å². The fourth-order valence-electron chi connectivity index (χ4n) is 4.54. The number of nitrogens with zero attached hydrogens (tertiary/aromatic N) is 3. The van der Waals surface area contributed by atoms with Crippen LogP contribution in [-0.4, -0.2) is 46.3 Å². The summed E-state index contributed by atoms with van der Waals surface area (Å²) in [5.74, 6) is 0.00362. The number of hydrogen-bond donors (Lipinski definition) is 1. The fraction of sp³-hybridized carbons (Fsp3) is 0.565. The number of piperidine rings is 1. The highest BCUT2D eigenvalue weighted by atomic mass is 79.9. The lowest BCUT2D eigenvalue weighted by molar-refractivity contribution is 0.0904. The van der Waals surface area contributed by atoms with Crippen molar-refractivity contribution in [1.82, 2.24) is 20.0 Å². The lowest BCUT2D eigenvalue weighted by Crippen LogP contribution is -2.45. The molecule has 0 atom stereocenters. The van der Waals surface area contributed by atoms with Gasteiger partial charge in [0.2, 0.25) is 0 Å². The van der Waals surface area contributed by atoms with Crippen LogP contribution in [0.4, 0.5) is 0 Å². The van der Waals surface area contributed by atoms with Gasteiger partial charge in [0.15, 0.2) is 5.69 Å². The zero-order chi connectivity index (χ0) is 20.2. The maximum atomic E-state index is 13.1. The molecule has 1 aromatic carbocycles. The summed E-state index contributed by atoms with van der Waals surface area (Å²) in [5.41, 5.74) is 4.00. The van der Waals surface area contributed by atoms with E-state index < -0.39 is 0 Å². The molecule has 0 bridgehead atoms. The second-order valence-corrected chi connectivity index (χ2v) is 9.23. The first kappa shape index (κ1) is 20.6. The SMILES string of the molecule is CCCCN1CCC(NC(=O)c2nn(-c3cccc(Br)c3)c3c2CCCC3)CC1. The van der Waals surface area contributed by atoms with E-state index in [-0.39, 0.29) is 11.9 Å². The summed E-state index contributed by atoms with van der Waals surface area (Å²) in [6.45, 7) is 5.58. The van der Waals surface area contributed by atoms with E-state index in [1.54, 1.807) is 0 Å². The molecule has 1 amide bonds. The molecule has 2 aliphatic rings. The number of carbonyl (C=O) groups excluding carboxylic acids is 1. The Kier molecular flexibility index (Phi) is 6.70. The Morgan fingerprint density at radius 1 is 1.24 bits per heavy atom. The van der Waals surface area contributed by atoms with Crippen molar-refractivity contribution in [2.75, 3.05) is 19.6 Å². The summed E-state index contributed by atoms with van der Waals surface area (Å²) in [6, 6.07) is 8.41. The summed E-state index contributed by atoms with van der Waals surface area (Å²) >= 11 is 3.55. The minimum absolute atomic E-state index is 0.00362. The molecular formula is C23H31BrN4O. The van der Waals surface area contributed by atoms with Crippen LogP contribution in [0.5, 0.6) is 0 Å². The number of likely N-dealkylation sites (tertiary alicyclic amines) is 1. The van der Waals surface area contributed by atoms with Crippen LogP contribution >= 0.6 is 15.9 Å². The van der Waals surface area contributed by atoms with Crippen LogP contribution < -0.4 is 5.32 Å². The smallest absolute Gasteiger partial charge is 0.272 e. The third-order valence-electron chi connectivity index (χ3n) is 6.20. The zero-order valence-corrected chi connectivity index (χ0v) is 18.9. The molecule has 156 valence electrons. The van der Waals surface area contributed by atoms with Gasteiger partial charge in [-0.25, -0.2) is 4.68 Å². The number of nitrogens with one attached hydrogen (secondary N) is 1. The normalized spacial score (nSPS) is 17.9. The van der Waals surface area contributed by atoms with Crippen LogP contribution in [0.1, 0.15) is 67.2 Å². The summed E-state index contributed by atoms with van der Waals surface area (Å²) in [6.07, 6.45) is 8.78.